The molecule has 1 amide bonds. The van der Waals surface area contributed by atoms with Crippen molar-refractivity contribution in [3.8, 4) is 0 Å². The molecule has 0 aromatic carbocycles. The number of carbonyl (C=O) groups excluding carboxylic acids is 1. The summed E-state index contributed by atoms with van der Waals surface area (Å²) in [5.74, 6) is 1.12. The zero-order valence-electron chi connectivity index (χ0n) is 8.63. The molecule has 1 atom stereocenters. The average molecular weight is 197 g/mol. The van der Waals surface area contributed by atoms with Crippen molar-refractivity contribution in [2.75, 3.05) is 19.8 Å². The van der Waals surface area contributed by atoms with Crippen LogP contribution in [0.3, 0.4) is 0 Å². The summed E-state index contributed by atoms with van der Waals surface area (Å²) < 4.78 is 5.33. The fourth-order valence-electron chi connectivity index (χ4n) is 2.53. The smallest absolute Gasteiger partial charge is 0.223 e. The highest BCUT2D eigenvalue weighted by Gasteiger charge is 2.30. The Morgan fingerprint density at radius 3 is 2.71 bits per heavy atom. The highest BCUT2D eigenvalue weighted by molar-refractivity contribution is 5.79. The Labute approximate surface area is 85.2 Å². The number of amides is 1. The number of rotatable bonds is 1. The first-order valence-electron chi connectivity index (χ1n) is 5.73. The first kappa shape index (κ1) is 9.97. The predicted molar refractivity (Wildman–Crippen MR) is 53.9 cm³/mol. The van der Waals surface area contributed by atoms with E-state index in [4.69, 9.17) is 4.74 Å². The molecule has 3 heteroatoms. The second kappa shape index (κ2) is 4.78. The molecule has 0 spiro atoms. The molecule has 2 rings (SSSR count). The van der Waals surface area contributed by atoms with Gasteiger partial charge in [-0.3, -0.25) is 4.79 Å². The highest BCUT2D eigenvalue weighted by Crippen LogP contribution is 2.28. The van der Waals surface area contributed by atoms with E-state index in [0.717, 1.165) is 45.4 Å². The van der Waals surface area contributed by atoms with Crippen LogP contribution in [0.1, 0.15) is 32.1 Å². The Balaban J connectivity index is 1.95. The predicted octanol–water partition coefficient (Wildman–Crippen LogP) is 1.33. The first-order valence-corrected chi connectivity index (χ1v) is 5.73. The molecule has 2 heterocycles. The highest BCUT2D eigenvalue weighted by atomic mass is 16.5. The topological polar surface area (TPSA) is 38.3 Å². The van der Waals surface area contributed by atoms with Gasteiger partial charge in [0.05, 0.1) is 0 Å². The summed E-state index contributed by atoms with van der Waals surface area (Å²) in [5, 5.41) is 3.01. The van der Waals surface area contributed by atoms with Gasteiger partial charge in [-0.25, -0.2) is 0 Å². The summed E-state index contributed by atoms with van der Waals surface area (Å²) in [6.45, 7) is 2.56. The first-order chi connectivity index (χ1) is 6.88. The molecule has 0 aromatic rings. The number of hydrogen-bond acceptors (Lipinski definition) is 2. The van der Waals surface area contributed by atoms with Crippen LogP contribution in [-0.2, 0) is 9.53 Å². The Morgan fingerprint density at radius 2 is 1.93 bits per heavy atom. The van der Waals surface area contributed by atoms with E-state index < -0.39 is 0 Å². The fraction of sp³-hybridized carbons (Fsp3) is 0.909. The minimum atomic E-state index is 0.265. The normalized spacial score (nSPS) is 30.9. The van der Waals surface area contributed by atoms with E-state index >= 15 is 0 Å². The monoisotopic (exact) mass is 197 g/mol. The van der Waals surface area contributed by atoms with Gasteiger partial charge >= 0.3 is 0 Å². The van der Waals surface area contributed by atoms with Crippen molar-refractivity contribution in [3.63, 3.8) is 0 Å². The van der Waals surface area contributed by atoms with Gasteiger partial charge in [0.1, 0.15) is 0 Å². The molecule has 3 nitrogen and oxygen atoms in total. The number of nitrogens with one attached hydrogen (secondary N) is 1. The zero-order chi connectivity index (χ0) is 9.80. The second-order valence-corrected chi connectivity index (χ2v) is 4.34. The second-order valence-electron chi connectivity index (χ2n) is 4.34. The largest absolute Gasteiger partial charge is 0.381 e. The lowest BCUT2D eigenvalue weighted by Crippen LogP contribution is -2.35. The van der Waals surface area contributed by atoms with Crippen LogP contribution >= 0.6 is 0 Å². The average Bonchev–Trinajstić information content (AvgIpc) is 2.44. The minimum absolute atomic E-state index is 0.265. The number of ether oxygens (including phenoxy) is 1. The van der Waals surface area contributed by atoms with Gasteiger partial charge < -0.3 is 10.1 Å². The van der Waals surface area contributed by atoms with Gasteiger partial charge in [0, 0.05) is 25.7 Å². The molecule has 2 fully saturated rings. The Hall–Kier alpha value is -0.570. The van der Waals surface area contributed by atoms with Crippen LogP contribution < -0.4 is 5.32 Å². The van der Waals surface area contributed by atoms with Gasteiger partial charge in [-0.05, 0) is 31.6 Å². The van der Waals surface area contributed by atoms with E-state index in [2.05, 4.69) is 5.32 Å². The summed E-state index contributed by atoms with van der Waals surface area (Å²) in [6, 6.07) is 0. The summed E-state index contributed by atoms with van der Waals surface area (Å²) in [5.41, 5.74) is 0. The van der Waals surface area contributed by atoms with Gasteiger partial charge in [0.25, 0.3) is 0 Å². The SMILES string of the molecule is O=C1NCCCC[C@H]1C1CCOCC1. The molecular formula is C11H19NO2. The molecule has 1 N–H and O–H groups in total. The van der Waals surface area contributed by atoms with Gasteiger partial charge in [-0.15, -0.1) is 0 Å². The molecule has 0 radical (unpaired) electrons. The molecule has 0 saturated carbocycles. The van der Waals surface area contributed by atoms with Crippen molar-refractivity contribution in [1.82, 2.24) is 5.32 Å². The van der Waals surface area contributed by atoms with Crippen LogP contribution in [0.4, 0.5) is 0 Å². The molecule has 0 unspecified atom stereocenters. The summed E-state index contributed by atoms with van der Waals surface area (Å²) >= 11 is 0. The third-order valence-corrected chi connectivity index (χ3v) is 3.41. The third kappa shape index (κ3) is 2.27. The summed E-state index contributed by atoms with van der Waals surface area (Å²) in [4.78, 5) is 11.8. The molecule has 2 saturated heterocycles. The maximum Gasteiger partial charge on any atom is 0.223 e. The van der Waals surface area contributed by atoms with Crippen molar-refractivity contribution in [2.24, 2.45) is 11.8 Å². The van der Waals surface area contributed by atoms with Gasteiger partial charge in [0.2, 0.25) is 5.91 Å². The molecule has 2 aliphatic heterocycles. The summed E-state index contributed by atoms with van der Waals surface area (Å²) in [6.07, 6.45) is 5.55. The van der Waals surface area contributed by atoms with E-state index in [1.54, 1.807) is 0 Å². The molecular weight excluding hydrogens is 178 g/mol. The van der Waals surface area contributed by atoms with Crippen molar-refractivity contribution >= 4 is 5.91 Å². The lowest BCUT2D eigenvalue weighted by Gasteiger charge is -2.28. The molecule has 0 aromatic heterocycles. The molecule has 14 heavy (non-hydrogen) atoms. The van der Waals surface area contributed by atoms with E-state index in [-0.39, 0.29) is 11.8 Å². The van der Waals surface area contributed by atoms with E-state index in [0.29, 0.717) is 5.92 Å². The van der Waals surface area contributed by atoms with Crippen LogP contribution in [0, 0.1) is 11.8 Å². The van der Waals surface area contributed by atoms with Crippen molar-refractivity contribution < 1.29 is 9.53 Å². The van der Waals surface area contributed by atoms with Crippen molar-refractivity contribution in [2.45, 2.75) is 32.1 Å². The lowest BCUT2D eigenvalue weighted by atomic mass is 9.83. The standard InChI is InChI=1S/C11H19NO2/c13-11-10(3-1-2-6-12-11)9-4-7-14-8-5-9/h9-10H,1-8H2,(H,12,13)/t10-/m0/s1. The van der Waals surface area contributed by atoms with Crippen molar-refractivity contribution in [1.29, 1.82) is 0 Å². The Bertz CT molecular complexity index is 199. The van der Waals surface area contributed by atoms with Crippen LogP contribution in [0.5, 0.6) is 0 Å². The van der Waals surface area contributed by atoms with E-state index in [9.17, 15) is 4.79 Å². The maximum absolute atomic E-state index is 11.8. The maximum atomic E-state index is 11.8. The lowest BCUT2D eigenvalue weighted by molar-refractivity contribution is -0.127. The van der Waals surface area contributed by atoms with Crippen LogP contribution in [0.15, 0.2) is 0 Å². The van der Waals surface area contributed by atoms with Crippen LogP contribution in [0.25, 0.3) is 0 Å². The molecule has 0 aliphatic carbocycles. The molecule has 0 bridgehead atoms. The van der Waals surface area contributed by atoms with Crippen LogP contribution in [-0.4, -0.2) is 25.7 Å². The summed E-state index contributed by atoms with van der Waals surface area (Å²) in [7, 11) is 0. The van der Waals surface area contributed by atoms with E-state index in [1.807, 2.05) is 0 Å². The number of carbonyl (C=O) groups is 1. The number of hydrogen-bond donors (Lipinski definition) is 1. The molecule has 2 aliphatic rings. The quantitative estimate of drug-likeness (QED) is 0.688. The Morgan fingerprint density at radius 1 is 1.14 bits per heavy atom. The minimum Gasteiger partial charge on any atom is -0.381 e. The van der Waals surface area contributed by atoms with E-state index in [1.165, 1.54) is 6.42 Å². The molecule has 80 valence electrons. The van der Waals surface area contributed by atoms with Gasteiger partial charge in [-0.1, -0.05) is 6.42 Å². The Kier molecular flexibility index (Phi) is 3.40. The van der Waals surface area contributed by atoms with Gasteiger partial charge in [0.15, 0.2) is 0 Å². The van der Waals surface area contributed by atoms with Crippen molar-refractivity contribution in [3.05, 3.63) is 0 Å². The fourth-order valence-corrected chi connectivity index (χ4v) is 2.53. The van der Waals surface area contributed by atoms with Gasteiger partial charge in [-0.2, -0.15) is 0 Å². The third-order valence-electron chi connectivity index (χ3n) is 3.41. The van der Waals surface area contributed by atoms with Crippen LogP contribution in [0.2, 0.25) is 0 Å². The zero-order valence-corrected chi connectivity index (χ0v) is 8.63.